The molecule has 0 N–H and O–H groups in total. The first kappa shape index (κ1) is 6.14. The third kappa shape index (κ3) is 1.00. The van der Waals surface area contributed by atoms with Crippen LogP contribution in [-0.4, -0.2) is 5.78 Å². The molecule has 10 heavy (non-hydrogen) atoms. The van der Waals surface area contributed by atoms with E-state index in [2.05, 4.69) is 0 Å². The summed E-state index contributed by atoms with van der Waals surface area (Å²) >= 11 is 0. The van der Waals surface area contributed by atoms with Crippen molar-refractivity contribution in [2.24, 2.45) is 11.8 Å². The number of allylic oxidation sites excluding steroid dienone is 2. The zero-order valence-corrected chi connectivity index (χ0v) is 6.05. The SMILES string of the molecule is O=C1/C=C\CCC[C@H]2C[C@@H]12. The van der Waals surface area contributed by atoms with Crippen molar-refractivity contribution >= 4 is 5.78 Å². The Morgan fingerprint density at radius 1 is 1.50 bits per heavy atom. The molecule has 1 heteroatoms. The number of fused-ring (bicyclic) bond motifs is 1. The van der Waals surface area contributed by atoms with Gasteiger partial charge in [-0.25, -0.2) is 0 Å². The summed E-state index contributed by atoms with van der Waals surface area (Å²) in [6.45, 7) is 0. The maximum Gasteiger partial charge on any atom is 0.158 e. The molecule has 2 rings (SSSR count). The zero-order chi connectivity index (χ0) is 6.97. The number of carbonyl (C=O) groups excluding carboxylic acids is 1. The van der Waals surface area contributed by atoms with Crippen LogP contribution in [-0.2, 0) is 4.79 Å². The van der Waals surface area contributed by atoms with Crippen molar-refractivity contribution in [2.75, 3.05) is 0 Å². The minimum atomic E-state index is 0.379. The smallest absolute Gasteiger partial charge is 0.158 e. The highest BCUT2D eigenvalue weighted by molar-refractivity contribution is 5.93. The van der Waals surface area contributed by atoms with Gasteiger partial charge in [-0.1, -0.05) is 6.08 Å². The molecule has 0 unspecified atom stereocenters. The van der Waals surface area contributed by atoms with Crippen molar-refractivity contribution in [3.8, 4) is 0 Å². The lowest BCUT2D eigenvalue weighted by Gasteiger charge is -1.99. The van der Waals surface area contributed by atoms with Crippen LogP contribution in [0, 0.1) is 11.8 Å². The number of hydrogen-bond acceptors (Lipinski definition) is 1. The highest BCUT2D eigenvalue weighted by atomic mass is 16.1. The van der Waals surface area contributed by atoms with Crippen molar-refractivity contribution in [3.63, 3.8) is 0 Å². The number of ketones is 1. The molecule has 2 aliphatic carbocycles. The molecule has 1 fully saturated rings. The average molecular weight is 136 g/mol. The fraction of sp³-hybridized carbons (Fsp3) is 0.667. The van der Waals surface area contributed by atoms with E-state index in [-0.39, 0.29) is 0 Å². The van der Waals surface area contributed by atoms with Gasteiger partial charge in [-0.15, -0.1) is 0 Å². The summed E-state index contributed by atoms with van der Waals surface area (Å²) in [5, 5.41) is 0. The lowest BCUT2D eigenvalue weighted by Crippen LogP contribution is -1.99. The van der Waals surface area contributed by atoms with E-state index >= 15 is 0 Å². The second kappa shape index (κ2) is 2.22. The van der Waals surface area contributed by atoms with Gasteiger partial charge in [0.25, 0.3) is 0 Å². The minimum Gasteiger partial charge on any atom is -0.295 e. The molecule has 0 aliphatic heterocycles. The van der Waals surface area contributed by atoms with Gasteiger partial charge in [0.1, 0.15) is 0 Å². The van der Waals surface area contributed by atoms with Crippen molar-refractivity contribution in [2.45, 2.75) is 25.7 Å². The van der Waals surface area contributed by atoms with Crippen LogP contribution in [0.4, 0.5) is 0 Å². The molecule has 0 aromatic carbocycles. The van der Waals surface area contributed by atoms with Crippen LogP contribution in [0.2, 0.25) is 0 Å². The van der Waals surface area contributed by atoms with Crippen LogP contribution in [0.1, 0.15) is 25.7 Å². The van der Waals surface area contributed by atoms with E-state index in [0.717, 1.165) is 12.3 Å². The van der Waals surface area contributed by atoms with E-state index in [0.29, 0.717) is 11.7 Å². The predicted molar refractivity (Wildman–Crippen MR) is 39.6 cm³/mol. The van der Waals surface area contributed by atoms with Gasteiger partial charge >= 0.3 is 0 Å². The van der Waals surface area contributed by atoms with Crippen LogP contribution >= 0.6 is 0 Å². The van der Waals surface area contributed by atoms with Crippen LogP contribution < -0.4 is 0 Å². The molecule has 1 nitrogen and oxygen atoms in total. The number of rotatable bonds is 0. The van der Waals surface area contributed by atoms with Gasteiger partial charge in [0.05, 0.1) is 0 Å². The highest BCUT2D eigenvalue weighted by Crippen LogP contribution is 2.43. The molecule has 2 aliphatic rings. The van der Waals surface area contributed by atoms with Gasteiger partial charge in [-0.05, 0) is 37.7 Å². The van der Waals surface area contributed by atoms with Crippen LogP contribution in [0.15, 0.2) is 12.2 Å². The molecule has 0 heterocycles. The number of carbonyl (C=O) groups is 1. The quantitative estimate of drug-likeness (QED) is 0.497. The monoisotopic (exact) mass is 136 g/mol. The molecule has 54 valence electrons. The van der Waals surface area contributed by atoms with Crippen LogP contribution in [0.25, 0.3) is 0 Å². The van der Waals surface area contributed by atoms with Crippen LogP contribution in [0.5, 0.6) is 0 Å². The summed E-state index contributed by atoms with van der Waals surface area (Å²) < 4.78 is 0. The van der Waals surface area contributed by atoms with E-state index < -0.39 is 0 Å². The molecule has 0 aromatic rings. The molecule has 0 spiro atoms. The molecule has 0 radical (unpaired) electrons. The lowest BCUT2D eigenvalue weighted by molar-refractivity contribution is -0.116. The van der Waals surface area contributed by atoms with Crippen molar-refractivity contribution < 1.29 is 4.79 Å². The first-order chi connectivity index (χ1) is 4.88. The standard InChI is InChI=1S/C9H12O/c10-9-5-3-1-2-4-7-6-8(7)9/h3,5,7-8H,1-2,4,6H2/b5-3-/t7-,8+/m0/s1. The molecule has 2 atom stereocenters. The maximum absolute atomic E-state index is 11.1. The van der Waals surface area contributed by atoms with Gasteiger partial charge in [0.2, 0.25) is 0 Å². The first-order valence-electron chi connectivity index (χ1n) is 4.08. The van der Waals surface area contributed by atoms with E-state index in [9.17, 15) is 4.79 Å². The molecule has 0 amide bonds. The molecule has 0 saturated heterocycles. The number of hydrogen-bond donors (Lipinski definition) is 0. The van der Waals surface area contributed by atoms with Gasteiger partial charge in [-0.3, -0.25) is 4.79 Å². The van der Waals surface area contributed by atoms with Crippen molar-refractivity contribution in [1.29, 1.82) is 0 Å². The van der Waals surface area contributed by atoms with E-state index in [1.807, 2.05) is 6.08 Å². The van der Waals surface area contributed by atoms with Gasteiger partial charge in [-0.2, -0.15) is 0 Å². The van der Waals surface area contributed by atoms with E-state index in [1.165, 1.54) is 19.3 Å². The Kier molecular flexibility index (Phi) is 1.37. The van der Waals surface area contributed by atoms with E-state index in [1.54, 1.807) is 6.08 Å². The molecule has 1 saturated carbocycles. The lowest BCUT2D eigenvalue weighted by atomic mass is 10.1. The average Bonchev–Trinajstić information content (AvgIpc) is 2.62. The molecule has 0 aromatic heterocycles. The third-order valence-corrected chi connectivity index (χ3v) is 2.52. The summed E-state index contributed by atoms with van der Waals surface area (Å²) in [6, 6.07) is 0. The fourth-order valence-electron chi connectivity index (χ4n) is 1.74. The van der Waals surface area contributed by atoms with Crippen molar-refractivity contribution in [3.05, 3.63) is 12.2 Å². The summed E-state index contributed by atoms with van der Waals surface area (Å²) in [5.74, 6) is 1.57. The van der Waals surface area contributed by atoms with Gasteiger partial charge < -0.3 is 0 Å². The largest absolute Gasteiger partial charge is 0.295 e. The Morgan fingerprint density at radius 3 is 3.30 bits per heavy atom. The third-order valence-electron chi connectivity index (χ3n) is 2.52. The molecular weight excluding hydrogens is 124 g/mol. The topological polar surface area (TPSA) is 17.1 Å². The van der Waals surface area contributed by atoms with E-state index in [4.69, 9.17) is 0 Å². The summed E-state index contributed by atoms with van der Waals surface area (Å²) in [6.07, 6.45) is 8.64. The first-order valence-corrected chi connectivity index (χ1v) is 4.08. The molecular formula is C9H12O. The summed E-state index contributed by atoms with van der Waals surface area (Å²) in [7, 11) is 0. The Morgan fingerprint density at radius 2 is 2.40 bits per heavy atom. The van der Waals surface area contributed by atoms with Gasteiger partial charge in [0.15, 0.2) is 5.78 Å². The van der Waals surface area contributed by atoms with Gasteiger partial charge in [0, 0.05) is 5.92 Å². The summed E-state index contributed by atoms with van der Waals surface area (Å²) in [5.41, 5.74) is 0. The normalized spacial score (nSPS) is 41.4. The predicted octanol–water partition coefficient (Wildman–Crippen LogP) is 1.93. The highest BCUT2D eigenvalue weighted by Gasteiger charge is 2.40. The van der Waals surface area contributed by atoms with Crippen LogP contribution in [0.3, 0.4) is 0 Å². The Hall–Kier alpha value is -0.590. The maximum atomic E-state index is 11.1. The second-order valence-electron chi connectivity index (χ2n) is 3.34. The Balaban J connectivity index is 2.08. The Bertz CT molecular complexity index is 181. The minimum absolute atomic E-state index is 0.379. The summed E-state index contributed by atoms with van der Waals surface area (Å²) in [4.78, 5) is 11.1. The molecule has 0 bridgehead atoms. The zero-order valence-electron chi connectivity index (χ0n) is 6.05. The fourth-order valence-corrected chi connectivity index (χ4v) is 1.74. The van der Waals surface area contributed by atoms with Crippen molar-refractivity contribution in [1.82, 2.24) is 0 Å². The Labute approximate surface area is 61.1 Å². The second-order valence-corrected chi connectivity index (χ2v) is 3.34.